The van der Waals surface area contributed by atoms with E-state index in [2.05, 4.69) is 39.1 Å². The second kappa shape index (κ2) is 8.01. The van der Waals surface area contributed by atoms with Crippen molar-refractivity contribution < 1.29 is 9.59 Å². The molecular formula is C21H26N4O2S. The molecule has 3 atom stereocenters. The Balaban J connectivity index is 1.46. The zero-order valence-corrected chi connectivity index (χ0v) is 17.1. The first-order valence-electron chi connectivity index (χ1n) is 9.92. The van der Waals surface area contributed by atoms with Crippen LogP contribution in [0.5, 0.6) is 0 Å². The van der Waals surface area contributed by atoms with Crippen molar-refractivity contribution in [1.29, 1.82) is 0 Å². The quantitative estimate of drug-likeness (QED) is 0.723. The smallest absolute Gasteiger partial charge is 0.242 e. The molecule has 0 aliphatic heterocycles. The highest BCUT2D eigenvalue weighted by Crippen LogP contribution is 2.39. The lowest BCUT2D eigenvalue weighted by Gasteiger charge is -2.27. The topological polar surface area (TPSA) is 83.1 Å². The minimum atomic E-state index is -0.288. The predicted molar refractivity (Wildman–Crippen MR) is 111 cm³/mol. The van der Waals surface area contributed by atoms with Crippen molar-refractivity contribution in [2.24, 2.45) is 0 Å². The molecule has 0 saturated heterocycles. The molecule has 0 spiro atoms. The first-order valence-corrected chi connectivity index (χ1v) is 10.7. The summed E-state index contributed by atoms with van der Waals surface area (Å²) >= 11 is 1.48. The molecule has 1 aromatic heterocycles. The van der Waals surface area contributed by atoms with Crippen LogP contribution in [0.2, 0.25) is 0 Å². The van der Waals surface area contributed by atoms with Crippen LogP contribution < -0.4 is 16.0 Å². The van der Waals surface area contributed by atoms with E-state index in [4.69, 9.17) is 0 Å². The number of aromatic nitrogens is 1. The van der Waals surface area contributed by atoms with E-state index in [-0.39, 0.29) is 29.8 Å². The SMILES string of the molecule is CN[C@@H](C)C(=O)Nc1nc2c(s1)CC[C@@H]2C(=O)NC1CCCc2ccccc21. The summed E-state index contributed by atoms with van der Waals surface area (Å²) in [6.07, 6.45) is 4.77. The van der Waals surface area contributed by atoms with Gasteiger partial charge in [-0.3, -0.25) is 9.59 Å². The van der Waals surface area contributed by atoms with Crippen LogP contribution in [0.25, 0.3) is 0 Å². The van der Waals surface area contributed by atoms with Crippen LogP contribution in [-0.4, -0.2) is 29.9 Å². The maximum absolute atomic E-state index is 13.0. The maximum atomic E-state index is 13.0. The summed E-state index contributed by atoms with van der Waals surface area (Å²) in [5.41, 5.74) is 3.41. The number of hydrogen-bond acceptors (Lipinski definition) is 5. The van der Waals surface area contributed by atoms with E-state index >= 15 is 0 Å². The molecule has 1 unspecified atom stereocenters. The fourth-order valence-electron chi connectivity index (χ4n) is 4.06. The number of hydrogen-bond donors (Lipinski definition) is 3. The number of nitrogens with zero attached hydrogens (tertiary/aromatic N) is 1. The molecule has 0 radical (unpaired) electrons. The summed E-state index contributed by atoms with van der Waals surface area (Å²) < 4.78 is 0. The number of benzene rings is 1. The second-order valence-electron chi connectivity index (χ2n) is 7.57. The van der Waals surface area contributed by atoms with Gasteiger partial charge in [-0.05, 0) is 57.2 Å². The lowest BCUT2D eigenvalue weighted by atomic mass is 9.87. The van der Waals surface area contributed by atoms with Gasteiger partial charge in [0.1, 0.15) is 0 Å². The van der Waals surface area contributed by atoms with Crippen LogP contribution in [0, 0.1) is 0 Å². The molecule has 3 N–H and O–H groups in total. The van der Waals surface area contributed by atoms with Crippen molar-refractivity contribution in [3.63, 3.8) is 0 Å². The molecule has 2 aliphatic carbocycles. The van der Waals surface area contributed by atoms with Crippen molar-refractivity contribution in [3.8, 4) is 0 Å². The summed E-state index contributed by atoms with van der Waals surface area (Å²) in [5, 5.41) is 9.61. The molecule has 2 amide bonds. The molecule has 7 heteroatoms. The van der Waals surface area contributed by atoms with Crippen molar-refractivity contribution in [1.82, 2.24) is 15.6 Å². The molecule has 0 fully saturated rings. The van der Waals surface area contributed by atoms with E-state index in [0.29, 0.717) is 5.13 Å². The van der Waals surface area contributed by atoms with E-state index < -0.39 is 0 Å². The van der Waals surface area contributed by atoms with Crippen LogP contribution in [0.4, 0.5) is 5.13 Å². The van der Waals surface area contributed by atoms with E-state index in [0.717, 1.165) is 42.7 Å². The third-order valence-electron chi connectivity index (χ3n) is 5.78. The highest BCUT2D eigenvalue weighted by atomic mass is 32.1. The first-order chi connectivity index (χ1) is 13.6. The van der Waals surface area contributed by atoms with Gasteiger partial charge in [-0.2, -0.15) is 0 Å². The molecular weight excluding hydrogens is 372 g/mol. The number of fused-ring (bicyclic) bond motifs is 2. The van der Waals surface area contributed by atoms with Gasteiger partial charge in [0.15, 0.2) is 5.13 Å². The molecule has 0 bridgehead atoms. The number of rotatable bonds is 5. The highest BCUT2D eigenvalue weighted by Gasteiger charge is 2.34. The third-order valence-corrected chi connectivity index (χ3v) is 6.82. The first kappa shape index (κ1) is 19.1. The Morgan fingerprint density at radius 1 is 1.21 bits per heavy atom. The number of carbonyl (C=O) groups is 2. The van der Waals surface area contributed by atoms with E-state index in [1.54, 1.807) is 14.0 Å². The maximum Gasteiger partial charge on any atom is 0.242 e. The second-order valence-corrected chi connectivity index (χ2v) is 8.65. The number of likely N-dealkylation sites (N-methyl/N-ethyl adjacent to an activating group) is 1. The number of carbonyl (C=O) groups excluding carboxylic acids is 2. The van der Waals surface area contributed by atoms with Crippen LogP contribution >= 0.6 is 11.3 Å². The normalized spacial score (nSPS) is 21.5. The largest absolute Gasteiger partial charge is 0.349 e. The Kier molecular flexibility index (Phi) is 5.46. The van der Waals surface area contributed by atoms with Crippen molar-refractivity contribution in [3.05, 3.63) is 46.0 Å². The van der Waals surface area contributed by atoms with Gasteiger partial charge in [0.25, 0.3) is 0 Å². The number of aryl methyl sites for hydroxylation is 2. The molecule has 6 nitrogen and oxygen atoms in total. The fourth-order valence-corrected chi connectivity index (χ4v) is 5.10. The molecule has 148 valence electrons. The van der Waals surface area contributed by atoms with Crippen molar-refractivity contribution >= 4 is 28.3 Å². The van der Waals surface area contributed by atoms with E-state index in [1.165, 1.54) is 22.5 Å². The predicted octanol–water partition coefficient (Wildman–Crippen LogP) is 2.91. The van der Waals surface area contributed by atoms with Gasteiger partial charge in [0, 0.05) is 4.88 Å². The zero-order chi connectivity index (χ0) is 19.7. The zero-order valence-electron chi connectivity index (χ0n) is 16.2. The molecule has 1 heterocycles. The minimum absolute atomic E-state index is 0.0484. The monoisotopic (exact) mass is 398 g/mol. The summed E-state index contributed by atoms with van der Waals surface area (Å²) in [4.78, 5) is 30.8. The number of amides is 2. The van der Waals surface area contributed by atoms with Gasteiger partial charge >= 0.3 is 0 Å². The van der Waals surface area contributed by atoms with Gasteiger partial charge in [-0.25, -0.2) is 4.98 Å². The lowest BCUT2D eigenvalue weighted by molar-refractivity contribution is -0.123. The summed E-state index contributed by atoms with van der Waals surface area (Å²) in [6.45, 7) is 1.80. The Morgan fingerprint density at radius 3 is 2.86 bits per heavy atom. The summed E-state index contributed by atoms with van der Waals surface area (Å²) in [5.74, 6) is -0.297. The molecule has 0 saturated carbocycles. The Bertz CT molecular complexity index is 894. The molecule has 2 aromatic rings. The van der Waals surface area contributed by atoms with Crippen molar-refractivity contribution in [2.45, 2.75) is 57.0 Å². The molecule has 2 aliphatic rings. The summed E-state index contributed by atoms with van der Waals surface area (Å²) in [7, 11) is 1.75. The van der Waals surface area contributed by atoms with Gasteiger partial charge in [0.2, 0.25) is 11.8 Å². The highest BCUT2D eigenvalue weighted by molar-refractivity contribution is 7.16. The lowest BCUT2D eigenvalue weighted by Crippen LogP contribution is -2.35. The van der Waals surface area contributed by atoms with E-state index in [9.17, 15) is 9.59 Å². The van der Waals surface area contributed by atoms with Gasteiger partial charge in [0.05, 0.1) is 23.7 Å². The Morgan fingerprint density at radius 2 is 2.04 bits per heavy atom. The average Bonchev–Trinajstić information content (AvgIpc) is 3.27. The third kappa shape index (κ3) is 3.69. The molecule has 4 rings (SSSR count). The number of thiazole rings is 1. The van der Waals surface area contributed by atoms with Crippen molar-refractivity contribution in [2.75, 3.05) is 12.4 Å². The molecule has 28 heavy (non-hydrogen) atoms. The Labute approximate surface area is 169 Å². The van der Waals surface area contributed by atoms with Gasteiger partial charge in [-0.1, -0.05) is 24.3 Å². The Hall–Kier alpha value is -2.25. The summed E-state index contributed by atoms with van der Waals surface area (Å²) in [6, 6.07) is 8.17. The average molecular weight is 399 g/mol. The van der Waals surface area contributed by atoms with Crippen LogP contribution in [-0.2, 0) is 22.4 Å². The number of nitrogens with one attached hydrogen (secondary N) is 3. The van der Waals surface area contributed by atoms with Crippen LogP contribution in [0.3, 0.4) is 0 Å². The van der Waals surface area contributed by atoms with Gasteiger partial charge < -0.3 is 16.0 Å². The van der Waals surface area contributed by atoms with Gasteiger partial charge in [-0.15, -0.1) is 11.3 Å². The minimum Gasteiger partial charge on any atom is -0.349 e. The standard InChI is InChI=1S/C21H26N4O2S/c1-12(22-2)19(26)25-21-24-18-15(10-11-17(18)28-21)20(27)23-16-9-5-7-13-6-3-4-8-14(13)16/h3-4,6,8,12,15-16,22H,5,7,9-11H2,1-2H3,(H,23,27)(H,24,25,26)/t12-,15-,16?/m0/s1. The molecule has 1 aromatic carbocycles. The van der Waals surface area contributed by atoms with Crippen LogP contribution in [0.1, 0.15) is 59.8 Å². The van der Waals surface area contributed by atoms with E-state index in [1.807, 2.05) is 6.07 Å². The van der Waals surface area contributed by atoms with Crippen LogP contribution in [0.15, 0.2) is 24.3 Å². The number of anilines is 1. The fraction of sp³-hybridized carbons (Fsp3) is 0.476.